The molecule has 3 rings (SSSR count). The molecule has 0 atom stereocenters. The van der Waals surface area contributed by atoms with E-state index in [0.29, 0.717) is 0 Å². The average molecular weight is 345 g/mol. The summed E-state index contributed by atoms with van der Waals surface area (Å²) in [4.78, 5) is 5.92. The van der Waals surface area contributed by atoms with Crippen molar-refractivity contribution in [2.45, 2.75) is 6.92 Å². The molecule has 20 heavy (non-hydrogen) atoms. The molecule has 1 N–H and O–H groups in total. The van der Waals surface area contributed by atoms with Crippen LogP contribution in [0.4, 0.5) is 5.69 Å². The molecule has 1 aromatic heterocycles. The Bertz CT molecular complexity index is 705. The Morgan fingerprint density at radius 2 is 1.65 bits per heavy atom. The maximum atomic E-state index is 4.69. The Hall–Kier alpha value is -1.65. The molecular formula is C16H13BrN2S. The molecule has 100 valence electrons. The van der Waals surface area contributed by atoms with Gasteiger partial charge in [-0.3, -0.25) is 0 Å². The number of anilines is 1. The van der Waals surface area contributed by atoms with Gasteiger partial charge in [-0.2, -0.15) is 0 Å². The third kappa shape index (κ3) is 2.62. The lowest BCUT2D eigenvalue weighted by atomic mass is 10.1. The molecule has 0 amide bonds. The second-order valence-corrected chi connectivity index (χ2v) is 5.87. The highest BCUT2D eigenvalue weighted by atomic mass is 79.9. The summed E-state index contributed by atoms with van der Waals surface area (Å²) in [6.07, 6.45) is 0. The second-order valence-electron chi connectivity index (χ2n) is 4.47. The number of nitrogens with one attached hydrogen (secondary N) is 1. The number of rotatable bonds is 3. The molecule has 3 aromatic rings. The van der Waals surface area contributed by atoms with Crippen LogP contribution in [0, 0.1) is 6.92 Å². The van der Waals surface area contributed by atoms with Gasteiger partial charge in [0.2, 0.25) is 0 Å². The van der Waals surface area contributed by atoms with Gasteiger partial charge >= 0.3 is 0 Å². The van der Waals surface area contributed by atoms with Gasteiger partial charge in [0.15, 0.2) is 0 Å². The fourth-order valence-electron chi connectivity index (χ4n) is 2.05. The van der Waals surface area contributed by atoms with Crippen LogP contribution in [0.15, 0.2) is 54.6 Å². The van der Waals surface area contributed by atoms with Crippen LogP contribution in [-0.4, -0.2) is 4.98 Å². The topological polar surface area (TPSA) is 24.9 Å². The second kappa shape index (κ2) is 5.77. The van der Waals surface area contributed by atoms with E-state index in [2.05, 4.69) is 51.7 Å². The average Bonchev–Trinajstić information content (AvgIpc) is 2.90. The fourth-order valence-corrected chi connectivity index (χ4v) is 3.39. The Labute approximate surface area is 130 Å². The SMILES string of the molecule is Cc1nc(-c2ccccc2)sc1-c1ccc(NBr)cc1. The van der Waals surface area contributed by atoms with E-state index in [4.69, 9.17) is 4.98 Å². The Morgan fingerprint density at radius 3 is 2.30 bits per heavy atom. The van der Waals surface area contributed by atoms with Gasteiger partial charge in [0.25, 0.3) is 0 Å². The van der Waals surface area contributed by atoms with Gasteiger partial charge in [-0.15, -0.1) is 11.3 Å². The van der Waals surface area contributed by atoms with E-state index in [-0.39, 0.29) is 0 Å². The van der Waals surface area contributed by atoms with Crippen LogP contribution in [0.1, 0.15) is 5.69 Å². The first kappa shape index (κ1) is 13.3. The summed E-state index contributed by atoms with van der Waals surface area (Å²) >= 11 is 4.96. The molecule has 0 bridgehead atoms. The van der Waals surface area contributed by atoms with Crippen molar-refractivity contribution >= 4 is 33.2 Å². The summed E-state index contributed by atoms with van der Waals surface area (Å²) in [5, 5.41) is 1.07. The molecule has 1 heterocycles. The Balaban J connectivity index is 2.00. The molecule has 0 fully saturated rings. The molecular weight excluding hydrogens is 332 g/mol. The van der Waals surface area contributed by atoms with Crippen LogP contribution in [0.3, 0.4) is 0 Å². The van der Waals surface area contributed by atoms with Gasteiger partial charge in [0.05, 0.1) is 10.6 Å². The standard InChI is InChI=1S/C16H13BrN2S/c1-11-15(12-7-9-14(19-17)10-8-12)20-16(18-11)13-5-3-2-4-6-13/h2-10,19H,1H3. The Kier molecular flexibility index (Phi) is 3.85. The van der Waals surface area contributed by atoms with Crippen molar-refractivity contribution in [2.24, 2.45) is 0 Å². The van der Waals surface area contributed by atoms with Gasteiger partial charge in [-0.1, -0.05) is 42.5 Å². The monoisotopic (exact) mass is 344 g/mol. The summed E-state index contributed by atoms with van der Waals surface area (Å²) in [5.74, 6) is 0. The smallest absolute Gasteiger partial charge is 0.124 e. The van der Waals surface area contributed by atoms with Crippen LogP contribution >= 0.6 is 27.5 Å². The highest BCUT2D eigenvalue weighted by molar-refractivity contribution is 9.10. The first-order valence-corrected chi connectivity index (χ1v) is 7.89. The zero-order valence-corrected chi connectivity index (χ0v) is 13.3. The number of hydrogen-bond acceptors (Lipinski definition) is 3. The van der Waals surface area contributed by atoms with Crippen LogP contribution in [0.25, 0.3) is 21.0 Å². The van der Waals surface area contributed by atoms with E-state index >= 15 is 0 Å². The van der Waals surface area contributed by atoms with Gasteiger partial charge in [-0.25, -0.2) is 4.98 Å². The first-order valence-electron chi connectivity index (χ1n) is 6.28. The lowest BCUT2D eigenvalue weighted by Crippen LogP contribution is -1.81. The van der Waals surface area contributed by atoms with E-state index < -0.39 is 0 Å². The van der Waals surface area contributed by atoms with Crippen molar-refractivity contribution in [3.63, 3.8) is 0 Å². The quantitative estimate of drug-likeness (QED) is 0.634. The van der Waals surface area contributed by atoms with Crippen molar-refractivity contribution in [3.8, 4) is 21.0 Å². The number of halogens is 1. The van der Waals surface area contributed by atoms with Crippen molar-refractivity contribution < 1.29 is 0 Å². The summed E-state index contributed by atoms with van der Waals surface area (Å²) in [6.45, 7) is 2.06. The van der Waals surface area contributed by atoms with Crippen molar-refractivity contribution in [2.75, 3.05) is 4.34 Å². The van der Waals surface area contributed by atoms with Crippen LogP contribution in [0.2, 0.25) is 0 Å². The van der Waals surface area contributed by atoms with E-state index in [1.165, 1.54) is 16.0 Å². The molecule has 2 aromatic carbocycles. The third-order valence-corrected chi connectivity index (χ3v) is 4.79. The lowest BCUT2D eigenvalue weighted by molar-refractivity contribution is 1.27. The maximum Gasteiger partial charge on any atom is 0.124 e. The number of thiazole rings is 1. The fraction of sp³-hybridized carbons (Fsp3) is 0.0625. The molecule has 0 saturated heterocycles. The van der Waals surface area contributed by atoms with E-state index in [1.54, 1.807) is 11.3 Å². The highest BCUT2D eigenvalue weighted by Crippen LogP contribution is 2.35. The van der Waals surface area contributed by atoms with Crippen LogP contribution < -0.4 is 4.34 Å². The molecule has 2 nitrogen and oxygen atoms in total. The lowest BCUT2D eigenvalue weighted by Gasteiger charge is -2.01. The predicted octanol–water partition coefficient (Wildman–Crippen LogP) is 5.51. The summed E-state index contributed by atoms with van der Waals surface area (Å²) in [6, 6.07) is 18.6. The van der Waals surface area contributed by atoms with Gasteiger partial charge < -0.3 is 4.34 Å². The van der Waals surface area contributed by atoms with Crippen LogP contribution in [0.5, 0.6) is 0 Å². The minimum Gasteiger partial charge on any atom is -0.322 e. The first-order chi connectivity index (χ1) is 9.78. The minimum absolute atomic E-state index is 1.04. The predicted molar refractivity (Wildman–Crippen MR) is 90.3 cm³/mol. The third-order valence-electron chi connectivity index (χ3n) is 3.07. The summed E-state index contributed by atoms with van der Waals surface area (Å²) < 4.78 is 2.95. The number of nitrogens with zero attached hydrogens (tertiary/aromatic N) is 1. The van der Waals surface area contributed by atoms with E-state index in [9.17, 15) is 0 Å². The Morgan fingerprint density at radius 1 is 0.950 bits per heavy atom. The van der Waals surface area contributed by atoms with Crippen molar-refractivity contribution in [1.82, 2.24) is 4.98 Å². The number of aryl methyl sites for hydroxylation is 1. The van der Waals surface area contributed by atoms with Gasteiger partial charge in [0, 0.05) is 27.4 Å². The van der Waals surface area contributed by atoms with Crippen LogP contribution in [-0.2, 0) is 0 Å². The van der Waals surface area contributed by atoms with Gasteiger partial charge in [0.1, 0.15) is 5.01 Å². The molecule has 0 unspecified atom stereocenters. The molecule has 0 spiro atoms. The molecule has 0 radical (unpaired) electrons. The van der Waals surface area contributed by atoms with Crippen molar-refractivity contribution in [3.05, 3.63) is 60.3 Å². The zero-order chi connectivity index (χ0) is 13.9. The normalized spacial score (nSPS) is 10.5. The highest BCUT2D eigenvalue weighted by Gasteiger charge is 2.10. The summed E-state index contributed by atoms with van der Waals surface area (Å²) in [5.41, 5.74) is 4.49. The number of hydrogen-bond donors (Lipinski definition) is 1. The molecule has 0 aliphatic rings. The number of aromatic nitrogens is 1. The largest absolute Gasteiger partial charge is 0.322 e. The minimum atomic E-state index is 1.04. The molecule has 0 aliphatic carbocycles. The molecule has 4 heteroatoms. The number of benzene rings is 2. The van der Waals surface area contributed by atoms with E-state index in [1.807, 2.05) is 30.3 Å². The molecule has 0 saturated carbocycles. The molecule has 0 aliphatic heterocycles. The summed E-state index contributed by atoms with van der Waals surface area (Å²) in [7, 11) is 0. The van der Waals surface area contributed by atoms with E-state index in [0.717, 1.165) is 16.4 Å². The van der Waals surface area contributed by atoms with Crippen molar-refractivity contribution in [1.29, 1.82) is 0 Å². The zero-order valence-electron chi connectivity index (χ0n) is 10.9. The van der Waals surface area contributed by atoms with Gasteiger partial charge in [-0.05, 0) is 24.6 Å². The maximum absolute atomic E-state index is 4.69.